The Morgan fingerprint density at radius 1 is 0.944 bits per heavy atom. The molecule has 0 aliphatic heterocycles. The number of rotatable bonds is 5. The third-order valence-electron chi connectivity index (χ3n) is 4.63. The topological polar surface area (TPSA) is 20.2 Å². The fraction of sp³-hybridized carbons (Fsp3) is 0.647. The molecule has 0 aliphatic carbocycles. The van der Waals surface area contributed by atoms with Crippen molar-refractivity contribution >= 4 is 0 Å². The molecule has 1 aromatic carbocycles. The third-order valence-corrected chi connectivity index (χ3v) is 4.63. The second-order valence-electron chi connectivity index (χ2n) is 6.68. The predicted molar refractivity (Wildman–Crippen MR) is 79.0 cm³/mol. The summed E-state index contributed by atoms with van der Waals surface area (Å²) in [6.45, 7) is 13.7. The molecule has 0 saturated heterocycles. The standard InChI is InChI=1S/C17H28O/c1-7-16(3,4)15(17(5,6)8-2)13-11-9-10-12-14(13)18/h9-12,15,18H,7-8H2,1-6H3. The van der Waals surface area contributed by atoms with Crippen molar-refractivity contribution in [3.05, 3.63) is 29.8 Å². The van der Waals surface area contributed by atoms with Crippen LogP contribution in [0, 0.1) is 10.8 Å². The minimum atomic E-state index is 0.179. The second kappa shape index (κ2) is 5.34. The molecule has 0 atom stereocenters. The third kappa shape index (κ3) is 2.88. The molecule has 1 heteroatoms. The highest BCUT2D eigenvalue weighted by Gasteiger charge is 2.40. The zero-order chi connectivity index (χ0) is 14.0. The summed E-state index contributed by atoms with van der Waals surface area (Å²) in [5.74, 6) is 0.798. The first-order valence-electron chi connectivity index (χ1n) is 7.04. The van der Waals surface area contributed by atoms with E-state index in [1.165, 1.54) is 0 Å². The molecule has 0 saturated carbocycles. The van der Waals surface area contributed by atoms with Crippen molar-refractivity contribution in [2.45, 2.75) is 60.3 Å². The molecule has 0 aromatic heterocycles. The van der Waals surface area contributed by atoms with Gasteiger partial charge in [0, 0.05) is 0 Å². The van der Waals surface area contributed by atoms with E-state index in [1.54, 1.807) is 6.07 Å². The highest BCUT2D eigenvalue weighted by Crippen LogP contribution is 2.52. The monoisotopic (exact) mass is 248 g/mol. The number of phenols is 1. The van der Waals surface area contributed by atoms with Gasteiger partial charge in [-0.25, -0.2) is 0 Å². The van der Waals surface area contributed by atoms with Crippen LogP contribution >= 0.6 is 0 Å². The second-order valence-corrected chi connectivity index (χ2v) is 6.68. The molecule has 1 aromatic rings. The molecule has 0 radical (unpaired) electrons. The average Bonchev–Trinajstić information content (AvgIpc) is 2.31. The van der Waals surface area contributed by atoms with E-state index in [0.29, 0.717) is 11.7 Å². The lowest BCUT2D eigenvalue weighted by Gasteiger charge is -2.44. The van der Waals surface area contributed by atoms with Gasteiger partial charge in [-0.15, -0.1) is 0 Å². The molecule has 0 heterocycles. The highest BCUT2D eigenvalue weighted by atomic mass is 16.3. The van der Waals surface area contributed by atoms with Crippen molar-refractivity contribution in [2.75, 3.05) is 0 Å². The first-order valence-corrected chi connectivity index (χ1v) is 7.04. The lowest BCUT2D eigenvalue weighted by Crippen LogP contribution is -2.33. The number of para-hydroxylation sites is 1. The van der Waals surface area contributed by atoms with Gasteiger partial charge >= 0.3 is 0 Å². The van der Waals surface area contributed by atoms with Crippen LogP contribution in [-0.2, 0) is 0 Å². The predicted octanol–water partition coefficient (Wildman–Crippen LogP) is 5.35. The quantitative estimate of drug-likeness (QED) is 0.745. The number of benzene rings is 1. The van der Waals surface area contributed by atoms with Crippen molar-refractivity contribution < 1.29 is 5.11 Å². The first-order chi connectivity index (χ1) is 8.26. The molecular weight excluding hydrogens is 220 g/mol. The minimum absolute atomic E-state index is 0.179. The summed E-state index contributed by atoms with van der Waals surface area (Å²) in [6.07, 6.45) is 2.21. The van der Waals surface area contributed by atoms with E-state index in [2.05, 4.69) is 47.6 Å². The van der Waals surface area contributed by atoms with E-state index in [9.17, 15) is 5.11 Å². The van der Waals surface area contributed by atoms with Gasteiger partial charge in [0.15, 0.2) is 0 Å². The average molecular weight is 248 g/mol. The Bertz CT molecular complexity index is 374. The number of phenolic OH excluding ortho intramolecular Hbond substituents is 1. The zero-order valence-corrected chi connectivity index (χ0v) is 12.7. The summed E-state index contributed by atoms with van der Waals surface area (Å²) in [7, 11) is 0. The Morgan fingerprint density at radius 3 is 1.78 bits per heavy atom. The van der Waals surface area contributed by atoms with Crippen LogP contribution in [0.15, 0.2) is 24.3 Å². The number of aromatic hydroxyl groups is 1. The van der Waals surface area contributed by atoms with E-state index >= 15 is 0 Å². The maximum absolute atomic E-state index is 10.2. The normalized spacial score (nSPS) is 13.1. The van der Waals surface area contributed by atoms with Gasteiger partial charge in [0.2, 0.25) is 0 Å². The van der Waals surface area contributed by atoms with Crippen LogP contribution in [0.5, 0.6) is 5.75 Å². The van der Waals surface area contributed by atoms with Gasteiger partial charge in [-0.3, -0.25) is 0 Å². The number of hydrogen-bond donors (Lipinski definition) is 1. The van der Waals surface area contributed by atoms with Gasteiger partial charge in [-0.1, -0.05) is 72.6 Å². The van der Waals surface area contributed by atoms with Gasteiger partial charge in [-0.2, -0.15) is 0 Å². The fourth-order valence-electron chi connectivity index (χ4n) is 3.04. The van der Waals surface area contributed by atoms with Gasteiger partial charge in [0.25, 0.3) is 0 Å². The number of hydrogen-bond acceptors (Lipinski definition) is 1. The van der Waals surface area contributed by atoms with Gasteiger partial charge in [-0.05, 0) is 28.4 Å². The Hall–Kier alpha value is -0.980. The fourth-order valence-corrected chi connectivity index (χ4v) is 3.04. The van der Waals surface area contributed by atoms with E-state index in [1.807, 2.05) is 12.1 Å². The van der Waals surface area contributed by atoms with Crippen molar-refractivity contribution in [3.8, 4) is 5.75 Å². The Labute approximate surface area is 112 Å². The largest absolute Gasteiger partial charge is 0.508 e. The van der Waals surface area contributed by atoms with Crippen molar-refractivity contribution in [3.63, 3.8) is 0 Å². The highest BCUT2D eigenvalue weighted by molar-refractivity contribution is 5.37. The molecule has 102 valence electrons. The maximum atomic E-state index is 10.2. The molecule has 0 spiro atoms. The molecule has 0 unspecified atom stereocenters. The van der Waals surface area contributed by atoms with Crippen molar-refractivity contribution in [2.24, 2.45) is 10.8 Å². The van der Waals surface area contributed by atoms with Crippen LogP contribution in [0.25, 0.3) is 0 Å². The van der Waals surface area contributed by atoms with E-state index in [0.717, 1.165) is 18.4 Å². The van der Waals surface area contributed by atoms with Crippen molar-refractivity contribution in [1.82, 2.24) is 0 Å². The SMILES string of the molecule is CCC(C)(C)C(c1ccccc1O)C(C)(C)CC. The van der Waals surface area contributed by atoms with E-state index in [-0.39, 0.29) is 10.8 Å². The molecule has 1 N–H and O–H groups in total. The zero-order valence-electron chi connectivity index (χ0n) is 12.7. The molecule has 18 heavy (non-hydrogen) atoms. The van der Waals surface area contributed by atoms with Gasteiger partial charge < -0.3 is 5.11 Å². The summed E-state index contributed by atoms with van der Waals surface area (Å²) in [5, 5.41) is 10.2. The molecule has 0 fully saturated rings. The van der Waals surface area contributed by atoms with Crippen LogP contribution in [0.3, 0.4) is 0 Å². The molecule has 1 rings (SSSR count). The summed E-state index contributed by atoms with van der Waals surface area (Å²) in [4.78, 5) is 0. The van der Waals surface area contributed by atoms with Crippen LogP contribution in [0.1, 0.15) is 65.9 Å². The van der Waals surface area contributed by atoms with Crippen LogP contribution in [0.4, 0.5) is 0 Å². The minimum Gasteiger partial charge on any atom is -0.508 e. The van der Waals surface area contributed by atoms with E-state index < -0.39 is 0 Å². The molecule has 1 nitrogen and oxygen atoms in total. The molecule has 0 bridgehead atoms. The summed E-state index contributed by atoms with van der Waals surface area (Å²) < 4.78 is 0. The summed E-state index contributed by atoms with van der Waals surface area (Å²) in [6, 6.07) is 7.81. The summed E-state index contributed by atoms with van der Waals surface area (Å²) >= 11 is 0. The van der Waals surface area contributed by atoms with E-state index in [4.69, 9.17) is 0 Å². The van der Waals surface area contributed by atoms with Crippen LogP contribution < -0.4 is 0 Å². The lowest BCUT2D eigenvalue weighted by atomic mass is 9.60. The van der Waals surface area contributed by atoms with Gasteiger partial charge in [0.1, 0.15) is 5.75 Å². The molecule has 0 aliphatic rings. The first kappa shape index (κ1) is 15.1. The lowest BCUT2D eigenvalue weighted by molar-refractivity contribution is 0.129. The maximum Gasteiger partial charge on any atom is 0.119 e. The van der Waals surface area contributed by atoms with Crippen LogP contribution in [0.2, 0.25) is 0 Å². The smallest absolute Gasteiger partial charge is 0.119 e. The Morgan fingerprint density at radius 2 is 1.39 bits per heavy atom. The summed E-state index contributed by atoms with van der Waals surface area (Å²) in [5.41, 5.74) is 1.45. The van der Waals surface area contributed by atoms with Gasteiger partial charge in [0.05, 0.1) is 0 Å². The Balaban J connectivity index is 3.35. The Kier molecular flexibility index (Phi) is 4.47. The van der Waals surface area contributed by atoms with Crippen molar-refractivity contribution in [1.29, 1.82) is 0 Å². The molecular formula is C17H28O. The van der Waals surface area contributed by atoms with Crippen LogP contribution in [-0.4, -0.2) is 5.11 Å². The molecule has 0 amide bonds.